The van der Waals surface area contributed by atoms with Crippen LogP contribution in [0.25, 0.3) is 10.9 Å². The maximum atomic E-state index is 13.2. The number of urea groups is 1. The predicted octanol–water partition coefficient (Wildman–Crippen LogP) is 4.65. The van der Waals surface area contributed by atoms with Crippen molar-refractivity contribution in [1.29, 1.82) is 0 Å². The summed E-state index contributed by atoms with van der Waals surface area (Å²) in [7, 11) is -3.61. The van der Waals surface area contributed by atoms with E-state index in [1.165, 1.54) is 11.3 Å². The summed E-state index contributed by atoms with van der Waals surface area (Å²) >= 11 is 1.40. The van der Waals surface area contributed by atoms with Crippen molar-refractivity contribution in [1.82, 2.24) is 9.88 Å². The molecule has 0 saturated heterocycles. The van der Waals surface area contributed by atoms with Gasteiger partial charge in [0.2, 0.25) is 0 Å². The molecule has 2 aromatic carbocycles. The molecule has 0 aliphatic rings. The molecule has 8 heteroatoms. The van der Waals surface area contributed by atoms with E-state index in [0.717, 1.165) is 11.1 Å². The second-order valence-corrected chi connectivity index (χ2v) is 10.2. The predicted molar refractivity (Wildman–Crippen MR) is 126 cm³/mol. The third-order valence-electron chi connectivity index (χ3n) is 5.08. The quantitative estimate of drug-likeness (QED) is 0.427. The molecule has 160 valence electrons. The van der Waals surface area contributed by atoms with Crippen LogP contribution in [-0.2, 0) is 16.4 Å². The van der Waals surface area contributed by atoms with E-state index in [1.807, 2.05) is 77.5 Å². The van der Waals surface area contributed by atoms with Gasteiger partial charge in [0.05, 0.1) is 15.6 Å². The van der Waals surface area contributed by atoms with Gasteiger partial charge in [-0.2, -0.15) is 0 Å². The van der Waals surface area contributed by atoms with Crippen LogP contribution in [0, 0.1) is 6.92 Å². The summed E-state index contributed by atoms with van der Waals surface area (Å²) in [6.45, 7) is 2.45. The molecule has 0 aliphatic carbocycles. The smallest absolute Gasteiger partial charge is 0.319 e. The number of anilines is 1. The Hall–Kier alpha value is -3.10. The van der Waals surface area contributed by atoms with Gasteiger partial charge in [0.1, 0.15) is 0 Å². The van der Waals surface area contributed by atoms with Gasteiger partial charge in [0, 0.05) is 29.7 Å². The number of sulfone groups is 1. The number of carbonyl (C=O) groups excluding carboxylic acids is 1. The van der Waals surface area contributed by atoms with Crippen molar-refractivity contribution in [3.8, 4) is 0 Å². The number of hydrogen-bond donors (Lipinski definition) is 2. The van der Waals surface area contributed by atoms with E-state index in [2.05, 4.69) is 10.6 Å². The highest BCUT2D eigenvalue weighted by atomic mass is 32.2. The van der Waals surface area contributed by atoms with Crippen molar-refractivity contribution >= 4 is 43.1 Å². The van der Waals surface area contributed by atoms with Crippen LogP contribution in [0.15, 0.2) is 77.0 Å². The molecular weight excluding hydrogens is 430 g/mol. The van der Waals surface area contributed by atoms with Gasteiger partial charge in [-0.15, -0.1) is 11.3 Å². The Morgan fingerprint density at radius 2 is 1.74 bits per heavy atom. The van der Waals surface area contributed by atoms with Crippen LogP contribution in [0.5, 0.6) is 0 Å². The fourth-order valence-corrected chi connectivity index (χ4v) is 5.92. The summed E-state index contributed by atoms with van der Waals surface area (Å²) in [6, 6.07) is 20.7. The zero-order valence-corrected chi connectivity index (χ0v) is 18.7. The van der Waals surface area contributed by atoms with Gasteiger partial charge in [0.25, 0.3) is 0 Å². The van der Waals surface area contributed by atoms with Crippen molar-refractivity contribution in [2.45, 2.75) is 18.4 Å². The molecule has 4 rings (SSSR count). The first kappa shape index (κ1) is 21.1. The molecule has 2 N–H and O–H groups in total. The Morgan fingerprint density at radius 3 is 2.48 bits per heavy atom. The lowest BCUT2D eigenvalue weighted by atomic mass is 10.2. The number of aromatic nitrogens is 1. The van der Waals surface area contributed by atoms with E-state index in [1.54, 1.807) is 6.07 Å². The molecule has 0 atom stereocenters. The van der Waals surface area contributed by atoms with Crippen molar-refractivity contribution in [2.75, 3.05) is 17.6 Å². The molecule has 6 nitrogen and oxygen atoms in total. The largest absolute Gasteiger partial charge is 0.339 e. The monoisotopic (exact) mass is 453 g/mol. The summed E-state index contributed by atoms with van der Waals surface area (Å²) in [5.41, 5.74) is 2.68. The number of nitrogens with one attached hydrogen (secondary N) is 2. The molecule has 0 radical (unpaired) electrons. The van der Waals surface area contributed by atoms with Crippen LogP contribution in [-0.4, -0.2) is 31.3 Å². The number of benzene rings is 2. The van der Waals surface area contributed by atoms with Crippen molar-refractivity contribution in [3.05, 3.63) is 83.4 Å². The number of nitrogens with zero attached hydrogens (tertiary/aromatic N) is 1. The van der Waals surface area contributed by atoms with Crippen molar-refractivity contribution < 1.29 is 13.2 Å². The number of para-hydroxylation sites is 1. The molecule has 0 aliphatic heterocycles. The highest BCUT2D eigenvalue weighted by molar-refractivity contribution is 7.91. The lowest BCUT2D eigenvalue weighted by Gasteiger charge is -2.10. The maximum Gasteiger partial charge on any atom is 0.319 e. The first-order chi connectivity index (χ1) is 15.0. The van der Waals surface area contributed by atoms with Crippen molar-refractivity contribution in [3.63, 3.8) is 0 Å². The summed E-state index contributed by atoms with van der Waals surface area (Å²) in [4.78, 5) is 12.3. The Morgan fingerprint density at radius 1 is 1.00 bits per heavy atom. The fourth-order valence-electron chi connectivity index (χ4n) is 3.67. The van der Waals surface area contributed by atoms with Gasteiger partial charge in [-0.3, -0.25) is 5.32 Å². The molecule has 0 bridgehead atoms. The number of hydrogen-bond acceptors (Lipinski definition) is 4. The Balaban J connectivity index is 1.56. The van der Waals surface area contributed by atoms with Gasteiger partial charge in [-0.25, -0.2) is 13.2 Å². The zero-order chi connectivity index (χ0) is 21.8. The Bertz CT molecular complexity index is 1290. The summed E-state index contributed by atoms with van der Waals surface area (Å²) < 4.78 is 28.5. The van der Waals surface area contributed by atoms with Crippen LogP contribution in [0.4, 0.5) is 9.80 Å². The Labute approximate surface area is 185 Å². The third kappa shape index (κ3) is 4.65. The summed E-state index contributed by atoms with van der Waals surface area (Å²) in [5.74, 6) is -0.176. The molecule has 0 spiro atoms. The van der Waals surface area contributed by atoms with E-state index in [4.69, 9.17) is 0 Å². The molecule has 4 aromatic rings. The molecule has 0 fully saturated rings. The molecule has 2 aromatic heterocycles. The number of amides is 2. The maximum absolute atomic E-state index is 13.2. The molecule has 0 saturated carbocycles. The van der Waals surface area contributed by atoms with Crippen LogP contribution >= 0.6 is 11.3 Å². The molecule has 2 heterocycles. The molecule has 2 amide bonds. The minimum atomic E-state index is -3.61. The van der Waals surface area contributed by atoms with Crippen LogP contribution < -0.4 is 10.6 Å². The van der Waals surface area contributed by atoms with Gasteiger partial charge in [-0.05, 0) is 36.1 Å². The van der Waals surface area contributed by atoms with E-state index < -0.39 is 15.9 Å². The third-order valence-corrected chi connectivity index (χ3v) is 7.75. The number of carbonyl (C=O) groups is 1. The summed E-state index contributed by atoms with van der Waals surface area (Å²) in [6.07, 6.45) is 0. The molecular formula is C23H23N3O3S2. The first-order valence-corrected chi connectivity index (χ1v) is 12.4. The average molecular weight is 454 g/mol. The van der Waals surface area contributed by atoms with E-state index in [-0.39, 0.29) is 12.3 Å². The van der Waals surface area contributed by atoms with Crippen LogP contribution in [0.3, 0.4) is 0 Å². The number of fused-ring (bicyclic) bond motifs is 1. The van der Waals surface area contributed by atoms with E-state index >= 15 is 0 Å². The minimum absolute atomic E-state index is 0.0250. The lowest BCUT2D eigenvalue weighted by molar-refractivity contribution is 0.252. The van der Waals surface area contributed by atoms with Crippen molar-refractivity contribution in [2.24, 2.45) is 0 Å². The highest BCUT2D eigenvalue weighted by Crippen LogP contribution is 2.31. The van der Waals surface area contributed by atoms with E-state index in [0.29, 0.717) is 27.5 Å². The SMILES string of the molecule is Cc1c(S(=O)(=O)CCNC(=O)Nc2cccs2)c2ccccc2n1Cc1ccccc1. The first-order valence-electron chi connectivity index (χ1n) is 9.88. The topological polar surface area (TPSA) is 80.2 Å². The molecule has 31 heavy (non-hydrogen) atoms. The summed E-state index contributed by atoms with van der Waals surface area (Å²) in [5, 5.41) is 8.59. The molecule has 0 unspecified atom stereocenters. The normalized spacial score (nSPS) is 11.5. The highest BCUT2D eigenvalue weighted by Gasteiger charge is 2.25. The average Bonchev–Trinajstić information content (AvgIpc) is 3.35. The van der Waals surface area contributed by atoms with Crippen LogP contribution in [0.1, 0.15) is 11.3 Å². The lowest BCUT2D eigenvalue weighted by Crippen LogP contribution is -2.32. The van der Waals surface area contributed by atoms with Gasteiger partial charge in [0.15, 0.2) is 9.84 Å². The second kappa shape index (κ2) is 8.95. The standard InChI is InChI=1S/C23H23N3O3S2/c1-17-22(31(28,29)15-13-24-23(27)25-21-12-7-14-30-21)19-10-5-6-11-20(19)26(17)16-18-8-3-2-4-9-18/h2-12,14H,13,15-16H2,1H3,(H2,24,25,27). The van der Waals surface area contributed by atoms with E-state index in [9.17, 15) is 13.2 Å². The fraction of sp³-hybridized carbons (Fsp3) is 0.174. The number of rotatable bonds is 7. The minimum Gasteiger partial charge on any atom is -0.339 e. The van der Waals surface area contributed by atoms with Gasteiger partial charge >= 0.3 is 6.03 Å². The number of thiophene rings is 1. The second-order valence-electron chi connectivity index (χ2n) is 7.18. The van der Waals surface area contributed by atoms with Gasteiger partial charge < -0.3 is 9.88 Å². The van der Waals surface area contributed by atoms with Gasteiger partial charge in [-0.1, -0.05) is 48.5 Å². The van der Waals surface area contributed by atoms with Crippen LogP contribution in [0.2, 0.25) is 0 Å². The Kier molecular flexibility index (Phi) is 6.11. The zero-order valence-electron chi connectivity index (χ0n) is 17.0.